The van der Waals surface area contributed by atoms with E-state index in [1.807, 2.05) is 13.8 Å². The number of piperidine rings is 1. The van der Waals surface area contributed by atoms with Crippen LogP contribution >= 0.6 is 0 Å². The van der Waals surface area contributed by atoms with Crippen LogP contribution in [0.3, 0.4) is 0 Å². The molecule has 1 rings (SSSR count). The maximum absolute atomic E-state index is 11.8. The lowest BCUT2D eigenvalue weighted by Gasteiger charge is -2.37. The number of carbonyl (C=O) groups excluding carboxylic acids is 1. The van der Waals surface area contributed by atoms with E-state index in [0.29, 0.717) is 13.1 Å². The van der Waals surface area contributed by atoms with Gasteiger partial charge in [0.1, 0.15) is 0 Å². The molecule has 0 atom stereocenters. The Bertz CT molecular complexity index is 263. The van der Waals surface area contributed by atoms with Gasteiger partial charge >= 0.3 is 12.3 Å². The fourth-order valence-electron chi connectivity index (χ4n) is 1.81. The normalized spacial score (nSPS) is 20.7. The lowest BCUT2D eigenvalue weighted by molar-refractivity contribution is -0.163. The van der Waals surface area contributed by atoms with Gasteiger partial charge in [0.2, 0.25) is 0 Å². The van der Waals surface area contributed by atoms with E-state index in [1.54, 1.807) is 0 Å². The molecule has 0 aromatic rings. The molecule has 0 N–H and O–H groups in total. The van der Waals surface area contributed by atoms with Crippen molar-refractivity contribution in [3.05, 3.63) is 0 Å². The Morgan fingerprint density at radius 3 is 2.56 bits per heavy atom. The maximum Gasteiger partial charge on any atom is 0.422 e. The third kappa shape index (κ3) is 4.28. The molecule has 94 valence electrons. The van der Waals surface area contributed by atoms with Crippen LogP contribution in [0.2, 0.25) is 0 Å². The summed E-state index contributed by atoms with van der Waals surface area (Å²) in [5.41, 5.74) is -0.0461. The van der Waals surface area contributed by atoms with Crippen molar-refractivity contribution >= 4 is 6.09 Å². The van der Waals surface area contributed by atoms with E-state index in [9.17, 15) is 18.0 Å². The van der Waals surface area contributed by atoms with Crippen LogP contribution in [0.25, 0.3) is 0 Å². The minimum Gasteiger partial charge on any atom is -0.440 e. The Labute approximate surface area is 92.5 Å². The van der Waals surface area contributed by atoms with Gasteiger partial charge in [-0.3, -0.25) is 0 Å². The summed E-state index contributed by atoms with van der Waals surface area (Å²) in [7, 11) is 0. The van der Waals surface area contributed by atoms with Gasteiger partial charge in [-0.1, -0.05) is 13.8 Å². The number of amides is 1. The number of hydrogen-bond acceptors (Lipinski definition) is 2. The second-order valence-corrected chi connectivity index (χ2v) is 4.86. The summed E-state index contributed by atoms with van der Waals surface area (Å²) in [6.45, 7) is 3.37. The summed E-state index contributed by atoms with van der Waals surface area (Å²) in [5.74, 6) is 0. The average Bonchev–Trinajstić information content (AvgIpc) is 2.11. The zero-order valence-electron chi connectivity index (χ0n) is 9.43. The zero-order chi connectivity index (χ0) is 12.4. The lowest BCUT2D eigenvalue weighted by Crippen LogP contribution is -2.44. The number of carbonyl (C=O) groups is 1. The first-order valence-corrected chi connectivity index (χ1v) is 5.18. The first-order valence-electron chi connectivity index (χ1n) is 5.18. The minimum atomic E-state index is -4.46. The summed E-state index contributed by atoms with van der Waals surface area (Å²) in [4.78, 5) is 12.7. The molecular formula is C10H16F3NO2. The summed E-state index contributed by atoms with van der Waals surface area (Å²) in [6.07, 6.45) is -3.56. The van der Waals surface area contributed by atoms with Crippen molar-refractivity contribution in [2.45, 2.75) is 32.9 Å². The Balaban J connectivity index is 2.42. The van der Waals surface area contributed by atoms with Crippen molar-refractivity contribution in [2.24, 2.45) is 5.41 Å². The molecule has 1 saturated heterocycles. The molecule has 0 unspecified atom stereocenters. The summed E-state index contributed by atoms with van der Waals surface area (Å²) < 4.78 is 39.7. The number of likely N-dealkylation sites (tertiary alicyclic amines) is 1. The Morgan fingerprint density at radius 2 is 2.06 bits per heavy atom. The maximum atomic E-state index is 11.8. The number of rotatable bonds is 1. The molecule has 1 heterocycles. The Morgan fingerprint density at radius 1 is 1.44 bits per heavy atom. The molecule has 0 aliphatic carbocycles. The average molecular weight is 239 g/mol. The largest absolute Gasteiger partial charge is 0.440 e. The van der Waals surface area contributed by atoms with E-state index in [1.165, 1.54) is 4.90 Å². The molecule has 1 aliphatic rings. The third-order valence-electron chi connectivity index (χ3n) is 2.52. The van der Waals surface area contributed by atoms with Gasteiger partial charge in [0.05, 0.1) is 0 Å². The number of alkyl halides is 3. The van der Waals surface area contributed by atoms with Gasteiger partial charge < -0.3 is 9.64 Å². The molecule has 0 saturated carbocycles. The molecule has 1 amide bonds. The highest BCUT2D eigenvalue weighted by Crippen LogP contribution is 2.28. The molecule has 1 aliphatic heterocycles. The molecule has 0 radical (unpaired) electrons. The first kappa shape index (κ1) is 13.1. The first-order chi connectivity index (χ1) is 7.20. The quantitative estimate of drug-likeness (QED) is 0.704. The highest BCUT2D eigenvalue weighted by Gasteiger charge is 2.33. The molecule has 16 heavy (non-hydrogen) atoms. The molecule has 0 bridgehead atoms. The Hall–Kier alpha value is -0.940. The summed E-state index contributed by atoms with van der Waals surface area (Å²) in [6, 6.07) is 0. The van der Waals surface area contributed by atoms with E-state index in [-0.39, 0.29) is 5.41 Å². The Kier molecular flexibility index (Phi) is 3.70. The predicted octanol–water partition coefficient (Wildman–Crippen LogP) is 2.81. The van der Waals surface area contributed by atoms with Crippen molar-refractivity contribution in [1.82, 2.24) is 4.90 Å². The van der Waals surface area contributed by atoms with E-state index < -0.39 is 18.9 Å². The second-order valence-electron chi connectivity index (χ2n) is 4.86. The van der Waals surface area contributed by atoms with Gasteiger partial charge in [-0.15, -0.1) is 0 Å². The van der Waals surface area contributed by atoms with Crippen LogP contribution in [0, 0.1) is 5.41 Å². The van der Waals surface area contributed by atoms with Crippen LogP contribution in [0.15, 0.2) is 0 Å². The SMILES string of the molecule is CC1(C)CCCN(C(=O)OCC(F)(F)F)C1. The standard InChI is InChI=1S/C10H16F3NO2/c1-9(2)4-3-5-14(6-9)8(15)16-7-10(11,12)13/h3-7H2,1-2H3. The van der Waals surface area contributed by atoms with Crippen LogP contribution in [-0.2, 0) is 4.74 Å². The fraction of sp³-hybridized carbons (Fsp3) is 0.900. The van der Waals surface area contributed by atoms with Crippen molar-refractivity contribution < 1.29 is 22.7 Å². The summed E-state index contributed by atoms with van der Waals surface area (Å²) in [5, 5.41) is 0. The highest BCUT2D eigenvalue weighted by atomic mass is 19.4. The summed E-state index contributed by atoms with van der Waals surface area (Å²) >= 11 is 0. The number of ether oxygens (including phenoxy) is 1. The highest BCUT2D eigenvalue weighted by molar-refractivity contribution is 5.67. The number of nitrogens with zero attached hydrogens (tertiary/aromatic N) is 1. The molecule has 0 spiro atoms. The van der Waals surface area contributed by atoms with E-state index in [4.69, 9.17) is 0 Å². The van der Waals surface area contributed by atoms with Crippen LogP contribution < -0.4 is 0 Å². The number of halogens is 3. The van der Waals surface area contributed by atoms with Crippen molar-refractivity contribution in [1.29, 1.82) is 0 Å². The van der Waals surface area contributed by atoms with Crippen molar-refractivity contribution in [3.63, 3.8) is 0 Å². The van der Waals surface area contributed by atoms with Gasteiger partial charge in [-0.05, 0) is 18.3 Å². The van der Waals surface area contributed by atoms with Gasteiger partial charge in [-0.2, -0.15) is 13.2 Å². The fourth-order valence-corrected chi connectivity index (χ4v) is 1.81. The lowest BCUT2D eigenvalue weighted by atomic mass is 9.84. The third-order valence-corrected chi connectivity index (χ3v) is 2.52. The van der Waals surface area contributed by atoms with Crippen molar-refractivity contribution in [3.8, 4) is 0 Å². The molecule has 3 nitrogen and oxygen atoms in total. The van der Waals surface area contributed by atoms with Crippen molar-refractivity contribution in [2.75, 3.05) is 19.7 Å². The molecular weight excluding hydrogens is 223 g/mol. The van der Waals surface area contributed by atoms with Gasteiger partial charge in [0.15, 0.2) is 6.61 Å². The monoisotopic (exact) mass is 239 g/mol. The molecule has 0 aromatic heterocycles. The van der Waals surface area contributed by atoms with E-state index >= 15 is 0 Å². The molecule has 1 fully saturated rings. The minimum absolute atomic E-state index is 0.0461. The van der Waals surface area contributed by atoms with Crippen LogP contribution in [-0.4, -0.2) is 36.9 Å². The smallest absolute Gasteiger partial charge is 0.422 e. The number of hydrogen-bond donors (Lipinski definition) is 0. The van der Waals surface area contributed by atoms with Gasteiger partial charge in [0, 0.05) is 13.1 Å². The van der Waals surface area contributed by atoms with Gasteiger partial charge in [0.25, 0.3) is 0 Å². The molecule has 6 heteroatoms. The van der Waals surface area contributed by atoms with Crippen LogP contribution in [0.1, 0.15) is 26.7 Å². The van der Waals surface area contributed by atoms with Crippen LogP contribution in [0.5, 0.6) is 0 Å². The van der Waals surface area contributed by atoms with Crippen LogP contribution in [0.4, 0.5) is 18.0 Å². The zero-order valence-corrected chi connectivity index (χ0v) is 9.43. The van der Waals surface area contributed by atoms with E-state index in [2.05, 4.69) is 4.74 Å². The predicted molar refractivity (Wildman–Crippen MR) is 52.0 cm³/mol. The topological polar surface area (TPSA) is 29.5 Å². The molecule has 0 aromatic carbocycles. The van der Waals surface area contributed by atoms with Gasteiger partial charge in [-0.25, -0.2) is 4.79 Å². The second kappa shape index (κ2) is 4.51. The van der Waals surface area contributed by atoms with E-state index in [0.717, 1.165) is 12.8 Å².